The van der Waals surface area contributed by atoms with Gasteiger partial charge in [-0.3, -0.25) is 9.97 Å². The molecule has 0 bridgehead atoms. The van der Waals surface area contributed by atoms with Gasteiger partial charge in [0.15, 0.2) is 6.23 Å². The van der Waals surface area contributed by atoms with Gasteiger partial charge >= 0.3 is 0 Å². The summed E-state index contributed by atoms with van der Waals surface area (Å²) in [6.45, 7) is 5.57. The molecule has 0 aliphatic carbocycles. The number of rotatable bonds is 5. The number of nitrogens with one attached hydrogen (secondary N) is 2. The van der Waals surface area contributed by atoms with Crippen LogP contribution in [0.5, 0.6) is 0 Å². The lowest BCUT2D eigenvalue weighted by molar-refractivity contribution is 0.212. The van der Waals surface area contributed by atoms with E-state index in [1.54, 1.807) is 23.7 Å². The molecule has 150 valence electrons. The second-order valence-corrected chi connectivity index (χ2v) is 8.45. The lowest BCUT2D eigenvalue weighted by Gasteiger charge is -2.31. The number of aliphatic hydroxyl groups excluding tert-OH is 1. The summed E-state index contributed by atoms with van der Waals surface area (Å²) in [4.78, 5) is 14.0. The standard InChI is InChI=1S/C21H24N6OS/c28-21(25-17-12-24-6-4-18(17)26-9-7-22-8-10-26)19-1-2-20(29-19)27-13-15-3-5-23-11-16(15)14-27/h1-6,11-12,21-22,25,28H,7-10,13-14H2. The van der Waals surface area contributed by atoms with E-state index in [1.807, 2.05) is 24.5 Å². The van der Waals surface area contributed by atoms with Crippen LogP contribution >= 0.6 is 11.3 Å². The number of nitrogens with zero attached hydrogens (tertiary/aromatic N) is 4. The normalized spacial score (nSPS) is 17.3. The van der Waals surface area contributed by atoms with Crippen LogP contribution in [0.1, 0.15) is 22.2 Å². The molecule has 0 saturated carbocycles. The number of aromatic nitrogens is 2. The first-order chi connectivity index (χ1) is 14.3. The van der Waals surface area contributed by atoms with Gasteiger partial charge in [-0.25, -0.2) is 0 Å². The van der Waals surface area contributed by atoms with Gasteiger partial charge in [-0.05, 0) is 35.4 Å². The molecule has 1 saturated heterocycles. The summed E-state index contributed by atoms with van der Waals surface area (Å²) in [6, 6.07) is 8.18. The van der Waals surface area contributed by atoms with E-state index >= 15 is 0 Å². The number of piperazine rings is 1. The van der Waals surface area contributed by atoms with Gasteiger partial charge in [-0.1, -0.05) is 0 Å². The number of anilines is 3. The van der Waals surface area contributed by atoms with Crippen molar-refractivity contribution >= 4 is 27.7 Å². The van der Waals surface area contributed by atoms with Crippen molar-refractivity contribution in [2.24, 2.45) is 0 Å². The average molecular weight is 409 g/mol. The Bertz CT molecular complexity index is 962. The molecule has 1 atom stereocenters. The maximum absolute atomic E-state index is 10.8. The Morgan fingerprint density at radius 2 is 1.76 bits per heavy atom. The van der Waals surface area contributed by atoms with Gasteiger partial charge in [0.2, 0.25) is 0 Å². The Balaban J connectivity index is 1.30. The van der Waals surface area contributed by atoms with Crippen LogP contribution in [0.25, 0.3) is 0 Å². The first-order valence-corrected chi connectivity index (χ1v) is 10.7. The maximum Gasteiger partial charge on any atom is 0.160 e. The van der Waals surface area contributed by atoms with Gasteiger partial charge in [0.25, 0.3) is 0 Å². The van der Waals surface area contributed by atoms with Crippen LogP contribution in [-0.4, -0.2) is 41.3 Å². The van der Waals surface area contributed by atoms with Gasteiger partial charge < -0.3 is 25.5 Å². The molecule has 7 nitrogen and oxygen atoms in total. The van der Waals surface area contributed by atoms with E-state index in [1.165, 1.54) is 11.1 Å². The van der Waals surface area contributed by atoms with Crippen LogP contribution in [0.3, 0.4) is 0 Å². The van der Waals surface area contributed by atoms with Crippen LogP contribution in [0.4, 0.5) is 16.4 Å². The van der Waals surface area contributed by atoms with Crippen molar-refractivity contribution in [3.05, 3.63) is 65.1 Å². The van der Waals surface area contributed by atoms with Crippen molar-refractivity contribution in [3.8, 4) is 0 Å². The monoisotopic (exact) mass is 408 g/mol. The number of hydrogen-bond donors (Lipinski definition) is 3. The molecule has 29 heavy (non-hydrogen) atoms. The summed E-state index contributed by atoms with van der Waals surface area (Å²) in [5.74, 6) is 0. The summed E-state index contributed by atoms with van der Waals surface area (Å²) in [7, 11) is 0. The molecule has 5 rings (SSSR count). The smallest absolute Gasteiger partial charge is 0.160 e. The van der Waals surface area contributed by atoms with E-state index in [9.17, 15) is 5.11 Å². The molecule has 8 heteroatoms. The number of hydrogen-bond acceptors (Lipinski definition) is 8. The van der Waals surface area contributed by atoms with Crippen molar-refractivity contribution in [1.29, 1.82) is 0 Å². The maximum atomic E-state index is 10.8. The second-order valence-electron chi connectivity index (χ2n) is 7.35. The predicted octanol–water partition coefficient (Wildman–Crippen LogP) is 2.57. The van der Waals surface area contributed by atoms with Gasteiger partial charge in [-0.2, -0.15) is 0 Å². The van der Waals surface area contributed by atoms with Crippen molar-refractivity contribution < 1.29 is 5.11 Å². The average Bonchev–Trinajstić information content (AvgIpc) is 3.42. The van der Waals surface area contributed by atoms with E-state index < -0.39 is 6.23 Å². The molecule has 0 amide bonds. The van der Waals surface area contributed by atoms with Gasteiger partial charge in [-0.15, -0.1) is 11.3 Å². The lowest BCUT2D eigenvalue weighted by Crippen LogP contribution is -2.43. The highest BCUT2D eigenvalue weighted by Crippen LogP contribution is 2.36. The van der Waals surface area contributed by atoms with Gasteiger partial charge in [0, 0.05) is 57.9 Å². The molecular weight excluding hydrogens is 384 g/mol. The highest BCUT2D eigenvalue weighted by atomic mass is 32.1. The number of fused-ring (bicyclic) bond motifs is 1. The van der Waals surface area contributed by atoms with E-state index in [0.717, 1.165) is 60.5 Å². The highest BCUT2D eigenvalue weighted by molar-refractivity contribution is 7.16. The first kappa shape index (κ1) is 18.4. The van der Waals surface area contributed by atoms with Crippen LogP contribution in [0.2, 0.25) is 0 Å². The molecule has 0 aromatic carbocycles. The third-order valence-electron chi connectivity index (χ3n) is 5.47. The largest absolute Gasteiger partial charge is 0.369 e. The zero-order valence-electron chi connectivity index (χ0n) is 16.1. The Hall–Kier alpha value is -2.68. The molecule has 0 radical (unpaired) electrons. The Morgan fingerprint density at radius 3 is 2.62 bits per heavy atom. The highest BCUT2D eigenvalue weighted by Gasteiger charge is 2.22. The second kappa shape index (κ2) is 7.98. The molecular formula is C21H24N6OS. The lowest BCUT2D eigenvalue weighted by atomic mass is 10.2. The third-order valence-corrected chi connectivity index (χ3v) is 6.67. The fraction of sp³-hybridized carbons (Fsp3) is 0.333. The molecule has 3 aromatic rings. The van der Waals surface area contributed by atoms with E-state index in [2.05, 4.69) is 42.5 Å². The number of pyridine rings is 2. The predicted molar refractivity (Wildman–Crippen MR) is 116 cm³/mol. The van der Waals surface area contributed by atoms with E-state index in [-0.39, 0.29) is 0 Å². The van der Waals surface area contributed by atoms with Crippen LogP contribution in [-0.2, 0) is 13.1 Å². The minimum Gasteiger partial charge on any atom is -0.369 e. The van der Waals surface area contributed by atoms with Gasteiger partial charge in [0.1, 0.15) is 0 Å². The fourth-order valence-corrected chi connectivity index (χ4v) is 4.88. The summed E-state index contributed by atoms with van der Waals surface area (Å²) in [5.41, 5.74) is 4.54. The summed E-state index contributed by atoms with van der Waals surface area (Å²) in [5, 5.41) is 18.6. The molecule has 0 spiro atoms. The fourth-order valence-electron chi connectivity index (χ4n) is 3.93. The summed E-state index contributed by atoms with van der Waals surface area (Å²) in [6.07, 6.45) is 6.61. The van der Waals surface area contributed by atoms with E-state index in [4.69, 9.17) is 0 Å². The van der Waals surface area contributed by atoms with Crippen molar-refractivity contribution in [2.75, 3.05) is 41.3 Å². The molecule has 1 unspecified atom stereocenters. The zero-order valence-corrected chi connectivity index (χ0v) is 16.9. The molecule has 3 aromatic heterocycles. The topological polar surface area (TPSA) is 76.6 Å². The van der Waals surface area contributed by atoms with Crippen molar-refractivity contribution in [1.82, 2.24) is 15.3 Å². The third kappa shape index (κ3) is 3.78. The molecule has 2 aliphatic rings. The van der Waals surface area contributed by atoms with Crippen LogP contribution in [0, 0.1) is 0 Å². The Labute approximate surface area is 174 Å². The number of aliphatic hydroxyl groups is 1. The SMILES string of the molecule is OC(Nc1cnccc1N1CCNCC1)c1ccc(N2Cc3ccncc3C2)s1. The van der Waals surface area contributed by atoms with Crippen LogP contribution < -0.4 is 20.4 Å². The van der Waals surface area contributed by atoms with Gasteiger partial charge in [0.05, 0.1) is 27.4 Å². The minimum absolute atomic E-state index is 0.772. The zero-order chi connectivity index (χ0) is 19.6. The summed E-state index contributed by atoms with van der Waals surface area (Å²) < 4.78 is 0. The molecule has 2 aliphatic heterocycles. The Morgan fingerprint density at radius 1 is 0.966 bits per heavy atom. The molecule has 5 heterocycles. The van der Waals surface area contributed by atoms with Crippen molar-refractivity contribution in [3.63, 3.8) is 0 Å². The minimum atomic E-state index is -0.772. The molecule has 1 fully saturated rings. The van der Waals surface area contributed by atoms with Crippen molar-refractivity contribution in [2.45, 2.75) is 19.3 Å². The molecule has 3 N–H and O–H groups in total. The van der Waals surface area contributed by atoms with E-state index in [0.29, 0.717) is 0 Å². The van der Waals surface area contributed by atoms with Crippen LogP contribution in [0.15, 0.2) is 49.1 Å². The number of thiophene rings is 1. The first-order valence-electron chi connectivity index (χ1n) is 9.88. The Kier molecular flexibility index (Phi) is 5.05. The summed E-state index contributed by atoms with van der Waals surface area (Å²) >= 11 is 1.62. The quantitative estimate of drug-likeness (QED) is 0.560.